The summed E-state index contributed by atoms with van der Waals surface area (Å²) in [6, 6.07) is 9.97. The summed E-state index contributed by atoms with van der Waals surface area (Å²) in [5, 5.41) is 2.90. The second kappa shape index (κ2) is 4.42. The molecule has 1 fully saturated rings. The summed E-state index contributed by atoms with van der Waals surface area (Å²) in [4.78, 5) is 12.1. The van der Waals surface area contributed by atoms with Gasteiger partial charge in [-0.25, -0.2) is 0 Å². The minimum atomic E-state index is -0.274. The Morgan fingerprint density at radius 2 is 2.00 bits per heavy atom. The summed E-state index contributed by atoms with van der Waals surface area (Å²) in [7, 11) is 0. The van der Waals surface area contributed by atoms with Gasteiger partial charge in [-0.05, 0) is 18.4 Å². The number of amides is 1. The maximum atomic E-state index is 12.1. The van der Waals surface area contributed by atoms with Gasteiger partial charge in [0.1, 0.15) is 0 Å². The largest absolute Gasteiger partial charge is 0.351 e. The number of rotatable bonds is 4. The van der Waals surface area contributed by atoms with E-state index in [2.05, 4.69) is 27.8 Å². The van der Waals surface area contributed by atoms with E-state index in [9.17, 15) is 4.79 Å². The molecular weight excluding hydrogens is 266 g/mol. The number of hydrogen-bond acceptors (Lipinski definition) is 1. The molecular formula is C13H14BrNO. The van der Waals surface area contributed by atoms with Crippen LogP contribution in [-0.2, 0) is 10.2 Å². The summed E-state index contributed by atoms with van der Waals surface area (Å²) >= 11 is 3.24. The summed E-state index contributed by atoms with van der Waals surface area (Å²) in [6.07, 6.45) is 1.88. The van der Waals surface area contributed by atoms with Crippen molar-refractivity contribution in [3.63, 3.8) is 0 Å². The summed E-state index contributed by atoms with van der Waals surface area (Å²) in [5.74, 6) is 0.110. The summed E-state index contributed by atoms with van der Waals surface area (Å²) in [5.41, 5.74) is 0.844. The minimum Gasteiger partial charge on any atom is -0.351 e. The molecule has 2 rings (SSSR count). The van der Waals surface area contributed by atoms with E-state index in [1.54, 1.807) is 0 Å². The molecule has 1 saturated carbocycles. The first-order valence-corrected chi connectivity index (χ1v) is 6.11. The van der Waals surface area contributed by atoms with Crippen LogP contribution < -0.4 is 5.32 Å². The SMILES string of the molecule is C=C(Br)CNC(=O)C1(c2ccccc2)CC1. The van der Waals surface area contributed by atoms with Gasteiger partial charge in [0, 0.05) is 11.0 Å². The fourth-order valence-corrected chi connectivity index (χ4v) is 2.01. The van der Waals surface area contributed by atoms with Crippen molar-refractivity contribution in [2.45, 2.75) is 18.3 Å². The van der Waals surface area contributed by atoms with Crippen LogP contribution in [0.4, 0.5) is 0 Å². The molecule has 84 valence electrons. The van der Waals surface area contributed by atoms with E-state index in [1.165, 1.54) is 0 Å². The number of carbonyl (C=O) groups excluding carboxylic acids is 1. The Labute approximate surface area is 104 Å². The van der Waals surface area contributed by atoms with Crippen LogP contribution in [0.3, 0.4) is 0 Å². The van der Waals surface area contributed by atoms with E-state index < -0.39 is 0 Å². The lowest BCUT2D eigenvalue weighted by atomic mass is 9.95. The van der Waals surface area contributed by atoms with Gasteiger partial charge in [-0.15, -0.1) is 0 Å². The molecule has 0 spiro atoms. The molecule has 3 heteroatoms. The topological polar surface area (TPSA) is 29.1 Å². The molecule has 0 heterocycles. The van der Waals surface area contributed by atoms with E-state index in [0.29, 0.717) is 6.54 Å². The van der Waals surface area contributed by atoms with Gasteiger partial charge in [0.15, 0.2) is 0 Å². The zero-order valence-electron chi connectivity index (χ0n) is 9.00. The highest BCUT2D eigenvalue weighted by molar-refractivity contribution is 9.11. The highest BCUT2D eigenvalue weighted by Gasteiger charge is 2.50. The van der Waals surface area contributed by atoms with E-state index in [4.69, 9.17) is 0 Å². The Morgan fingerprint density at radius 1 is 1.38 bits per heavy atom. The van der Waals surface area contributed by atoms with Crippen LogP contribution in [-0.4, -0.2) is 12.5 Å². The Hall–Kier alpha value is -1.09. The molecule has 0 bridgehead atoms. The van der Waals surface area contributed by atoms with Crippen LogP contribution in [0.25, 0.3) is 0 Å². The molecule has 1 aliphatic rings. The van der Waals surface area contributed by atoms with Crippen molar-refractivity contribution in [2.75, 3.05) is 6.54 Å². The quantitative estimate of drug-likeness (QED) is 0.902. The van der Waals surface area contributed by atoms with Crippen molar-refractivity contribution < 1.29 is 4.79 Å². The number of benzene rings is 1. The Kier molecular flexibility index (Phi) is 3.15. The normalized spacial score (nSPS) is 16.6. The van der Waals surface area contributed by atoms with E-state index in [1.807, 2.05) is 30.3 Å². The molecule has 0 aliphatic heterocycles. The van der Waals surface area contributed by atoms with Crippen LogP contribution in [0, 0.1) is 0 Å². The molecule has 0 saturated heterocycles. The highest BCUT2D eigenvalue weighted by atomic mass is 79.9. The first kappa shape index (κ1) is 11.4. The Morgan fingerprint density at radius 3 is 2.50 bits per heavy atom. The molecule has 1 N–H and O–H groups in total. The van der Waals surface area contributed by atoms with Crippen LogP contribution in [0.15, 0.2) is 41.4 Å². The summed E-state index contributed by atoms with van der Waals surface area (Å²) in [6.45, 7) is 4.20. The zero-order valence-corrected chi connectivity index (χ0v) is 10.6. The van der Waals surface area contributed by atoms with Gasteiger partial charge < -0.3 is 5.32 Å². The minimum absolute atomic E-state index is 0.110. The first-order valence-electron chi connectivity index (χ1n) is 5.32. The third-order valence-electron chi connectivity index (χ3n) is 2.95. The molecule has 1 aromatic rings. The van der Waals surface area contributed by atoms with Crippen LogP contribution >= 0.6 is 15.9 Å². The van der Waals surface area contributed by atoms with Gasteiger partial charge in [0.05, 0.1) is 5.41 Å². The number of carbonyl (C=O) groups is 1. The Balaban J connectivity index is 2.09. The van der Waals surface area contributed by atoms with Gasteiger partial charge in [-0.1, -0.05) is 52.8 Å². The van der Waals surface area contributed by atoms with Crippen molar-refractivity contribution >= 4 is 21.8 Å². The maximum absolute atomic E-state index is 12.1. The first-order chi connectivity index (χ1) is 7.65. The van der Waals surface area contributed by atoms with Crippen molar-refractivity contribution in [1.82, 2.24) is 5.32 Å². The predicted octanol–water partition coefficient (Wildman–Crippen LogP) is 2.74. The fraction of sp³-hybridized carbons (Fsp3) is 0.308. The standard InChI is InChI=1S/C13H14BrNO/c1-10(14)9-15-12(16)13(7-8-13)11-5-3-2-4-6-11/h2-6H,1,7-9H2,(H,15,16). The number of halogens is 1. The molecule has 1 aromatic carbocycles. The van der Waals surface area contributed by atoms with Crippen LogP contribution in [0.2, 0.25) is 0 Å². The lowest BCUT2D eigenvalue weighted by Gasteiger charge is -2.15. The van der Waals surface area contributed by atoms with Crippen LogP contribution in [0.1, 0.15) is 18.4 Å². The monoisotopic (exact) mass is 279 g/mol. The van der Waals surface area contributed by atoms with Gasteiger partial charge in [-0.2, -0.15) is 0 Å². The molecule has 2 nitrogen and oxygen atoms in total. The van der Waals surface area contributed by atoms with Gasteiger partial charge in [0.25, 0.3) is 0 Å². The van der Waals surface area contributed by atoms with Gasteiger partial charge in [0.2, 0.25) is 5.91 Å². The second-order valence-corrected chi connectivity index (χ2v) is 5.27. The average molecular weight is 280 g/mol. The maximum Gasteiger partial charge on any atom is 0.230 e. The van der Waals surface area contributed by atoms with Gasteiger partial charge >= 0.3 is 0 Å². The molecule has 1 aliphatic carbocycles. The van der Waals surface area contributed by atoms with Crippen molar-refractivity contribution in [3.8, 4) is 0 Å². The van der Waals surface area contributed by atoms with Crippen molar-refractivity contribution in [2.24, 2.45) is 0 Å². The third kappa shape index (κ3) is 2.19. The van der Waals surface area contributed by atoms with Crippen LogP contribution in [0.5, 0.6) is 0 Å². The van der Waals surface area contributed by atoms with Crippen molar-refractivity contribution in [3.05, 3.63) is 47.0 Å². The molecule has 0 atom stereocenters. The summed E-state index contributed by atoms with van der Waals surface area (Å²) < 4.78 is 0.796. The molecule has 0 unspecified atom stereocenters. The average Bonchev–Trinajstić information content (AvgIpc) is 3.08. The smallest absolute Gasteiger partial charge is 0.230 e. The van der Waals surface area contributed by atoms with E-state index in [-0.39, 0.29) is 11.3 Å². The van der Waals surface area contributed by atoms with Gasteiger partial charge in [-0.3, -0.25) is 4.79 Å². The second-order valence-electron chi connectivity index (χ2n) is 4.15. The third-order valence-corrected chi connectivity index (χ3v) is 3.23. The number of hydrogen-bond donors (Lipinski definition) is 1. The lowest BCUT2D eigenvalue weighted by molar-refractivity contribution is -0.123. The molecule has 16 heavy (non-hydrogen) atoms. The lowest BCUT2D eigenvalue weighted by Crippen LogP contribution is -2.35. The molecule has 1 amide bonds. The zero-order chi connectivity index (χ0) is 11.6. The fourth-order valence-electron chi connectivity index (χ4n) is 1.87. The van der Waals surface area contributed by atoms with E-state index >= 15 is 0 Å². The number of nitrogens with one attached hydrogen (secondary N) is 1. The van der Waals surface area contributed by atoms with Crippen molar-refractivity contribution in [1.29, 1.82) is 0 Å². The highest BCUT2D eigenvalue weighted by Crippen LogP contribution is 2.48. The predicted molar refractivity (Wildman–Crippen MR) is 68.4 cm³/mol. The van der Waals surface area contributed by atoms with E-state index in [0.717, 1.165) is 22.9 Å². The molecule has 0 aromatic heterocycles. The Bertz CT molecular complexity index is 409. The molecule has 0 radical (unpaired) electrons.